The van der Waals surface area contributed by atoms with Crippen molar-refractivity contribution >= 4 is 10.9 Å². The molecule has 1 aromatic carbocycles. The summed E-state index contributed by atoms with van der Waals surface area (Å²) in [7, 11) is 0. The molecule has 0 bridgehead atoms. The van der Waals surface area contributed by atoms with E-state index in [-0.39, 0.29) is 0 Å². The average Bonchev–Trinajstić information content (AvgIpc) is 2.96. The molecular formula is C18H26N2O. The maximum absolute atomic E-state index is 8.90. The van der Waals surface area contributed by atoms with Crippen molar-refractivity contribution in [3.05, 3.63) is 36.0 Å². The van der Waals surface area contributed by atoms with Gasteiger partial charge >= 0.3 is 0 Å². The molecule has 1 aliphatic rings. The van der Waals surface area contributed by atoms with Gasteiger partial charge in [0.1, 0.15) is 0 Å². The molecule has 2 N–H and O–H groups in total. The molecule has 2 aromatic rings. The van der Waals surface area contributed by atoms with Crippen LogP contribution in [0, 0.1) is 0 Å². The van der Waals surface area contributed by atoms with Gasteiger partial charge in [-0.05, 0) is 62.7 Å². The molecule has 0 spiro atoms. The Hall–Kier alpha value is -1.32. The first-order valence-electron chi connectivity index (χ1n) is 8.31. The predicted octanol–water partition coefficient (Wildman–Crippen LogP) is 3.86. The fourth-order valence-corrected chi connectivity index (χ4v) is 3.49. The molecule has 0 amide bonds. The maximum atomic E-state index is 8.90. The minimum Gasteiger partial charge on any atom is -0.396 e. The zero-order chi connectivity index (χ0) is 14.5. The minimum atomic E-state index is 0.325. The summed E-state index contributed by atoms with van der Waals surface area (Å²) in [6.45, 7) is 2.69. The second-order valence-electron chi connectivity index (χ2n) is 6.14. The molecular weight excluding hydrogens is 260 g/mol. The lowest BCUT2D eigenvalue weighted by atomic mass is 9.98. The van der Waals surface area contributed by atoms with Crippen LogP contribution in [-0.4, -0.2) is 34.7 Å². The number of likely N-dealkylation sites (tertiary alicyclic amines) is 1. The highest BCUT2D eigenvalue weighted by molar-refractivity contribution is 5.80. The molecule has 1 atom stereocenters. The Bertz CT molecular complexity index is 530. The van der Waals surface area contributed by atoms with Crippen molar-refractivity contribution in [2.45, 2.75) is 44.6 Å². The van der Waals surface area contributed by atoms with E-state index in [2.05, 4.69) is 40.2 Å². The molecule has 0 radical (unpaired) electrons. The Balaban J connectivity index is 1.70. The summed E-state index contributed by atoms with van der Waals surface area (Å²) < 4.78 is 0. The lowest BCUT2D eigenvalue weighted by Crippen LogP contribution is -2.34. The van der Waals surface area contributed by atoms with Gasteiger partial charge in [0.05, 0.1) is 0 Å². The van der Waals surface area contributed by atoms with Gasteiger partial charge in [0.15, 0.2) is 0 Å². The molecule has 114 valence electrons. The van der Waals surface area contributed by atoms with Crippen LogP contribution >= 0.6 is 0 Å². The van der Waals surface area contributed by atoms with Crippen molar-refractivity contribution in [3.63, 3.8) is 0 Å². The fraction of sp³-hybridized carbons (Fsp3) is 0.556. The van der Waals surface area contributed by atoms with Crippen LogP contribution in [0.15, 0.2) is 30.3 Å². The van der Waals surface area contributed by atoms with Gasteiger partial charge in [0, 0.05) is 23.9 Å². The highest BCUT2D eigenvalue weighted by atomic mass is 16.2. The normalized spacial score (nSPS) is 20.1. The highest BCUT2D eigenvalue weighted by Gasteiger charge is 2.24. The van der Waals surface area contributed by atoms with Crippen molar-refractivity contribution in [1.82, 2.24) is 9.88 Å². The highest BCUT2D eigenvalue weighted by Crippen LogP contribution is 2.32. The van der Waals surface area contributed by atoms with Gasteiger partial charge < -0.3 is 10.1 Å². The molecule has 2 heterocycles. The smallest absolute Gasteiger partial charge is 0.0498 e. The van der Waals surface area contributed by atoms with E-state index < -0.39 is 0 Å². The van der Waals surface area contributed by atoms with Crippen molar-refractivity contribution < 1.29 is 5.11 Å². The van der Waals surface area contributed by atoms with E-state index in [1.807, 2.05) is 0 Å². The third-order valence-electron chi connectivity index (χ3n) is 4.63. The van der Waals surface area contributed by atoms with E-state index in [1.54, 1.807) is 0 Å². The average molecular weight is 286 g/mol. The second-order valence-corrected chi connectivity index (χ2v) is 6.14. The van der Waals surface area contributed by atoms with Gasteiger partial charge in [-0.3, -0.25) is 4.90 Å². The largest absolute Gasteiger partial charge is 0.396 e. The number of unbranched alkanes of at least 4 members (excludes halogenated alkanes) is 2. The number of nitrogens with one attached hydrogen (secondary N) is 1. The Kier molecular flexibility index (Phi) is 4.94. The van der Waals surface area contributed by atoms with E-state index in [4.69, 9.17) is 5.11 Å². The zero-order valence-corrected chi connectivity index (χ0v) is 12.7. The molecule has 0 saturated carbocycles. The molecule has 1 aliphatic heterocycles. The van der Waals surface area contributed by atoms with Gasteiger partial charge in [-0.1, -0.05) is 24.6 Å². The van der Waals surface area contributed by atoms with E-state index in [1.165, 1.54) is 48.8 Å². The third kappa shape index (κ3) is 3.47. The molecule has 1 unspecified atom stereocenters. The number of aliphatic hydroxyl groups is 1. The number of nitrogens with zero attached hydrogens (tertiary/aromatic N) is 1. The number of aromatic amines is 1. The third-order valence-corrected chi connectivity index (χ3v) is 4.63. The summed E-state index contributed by atoms with van der Waals surface area (Å²) in [5.41, 5.74) is 2.62. The zero-order valence-electron chi connectivity index (χ0n) is 12.7. The number of H-pyrrole nitrogens is 1. The van der Waals surface area contributed by atoms with E-state index in [0.29, 0.717) is 12.6 Å². The number of rotatable bonds is 6. The molecule has 1 aromatic heterocycles. The van der Waals surface area contributed by atoms with Crippen LogP contribution in [0.3, 0.4) is 0 Å². The molecule has 1 fully saturated rings. The van der Waals surface area contributed by atoms with Crippen molar-refractivity contribution in [1.29, 1.82) is 0 Å². The van der Waals surface area contributed by atoms with Gasteiger partial charge in [-0.15, -0.1) is 0 Å². The lowest BCUT2D eigenvalue weighted by molar-refractivity contribution is 0.142. The number of para-hydroxylation sites is 1. The summed E-state index contributed by atoms with van der Waals surface area (Å²) in [5.74, 6) is 0. The first-order chi connectivity index (χ1) is 10.4. The van der Waals surface area contributed by atoms with Gasteiger partial charge in [0.25, 0.3) is 0 Å². The van der Waals surface area contributed by atoms with Gasteiger partial charge in [-0.2, -0.15) is 0 Å². The number of fused-ring (bicyclic) bond motifs is 1. The summed E-state index contributed by atoms with van der Waals surface area (Å²) in [6, 6.07) is 11.4. The van der Waals surface area contributed by atoms with Crippen LogP contribution in [0.1, 0.15) is 50.3 Å². The van der Waals surface area contributed by atoms with Crippen LogP contribution in [0.4, 0.5) is 0 Å². The van der Waals surface area contributed by atoms with Crippen LogP contribution in [0.5, 0.6) is 0 Å². The molecule has 3 rings (SSSR count). The van der Waals surface area contributed by atoms with Gasteiger partial charge in [0.2, 0.25) is 0 Å². The monoisotopic (exact) mass is 286 g/mol. The Labute approximate surface area is 127 Å². The second kappa shape index (κ2) is 7.10. The molecule has 21 heavy (non-hydrogen) atoms. The van der Waals surface area contributed by atoms with E-state index in [9.17, 15) is 0 Å². The molecule has 3 heteroatoms. The lowest BCUT2D eigenvalue weighted by Gasteiger charge is -2.35. The number of hydrogen-bond acceptors (Lipinski definition) is 2. The topological polar surface area (TPSA) is 39.3 Å². The number of hydrogen-bond donors (Lipinski definition) is 2. The minimum absolute atomic E-state index is 0.325. The van der Waals surface area contributed by atoms with E-state index >= 15 is 0 Å². The number of aliphatic hydroxyl groups excluding tert-OH is 1. The predicted molar refractivity (Wildman–Crippen MR) is 87.4 cm³/mol. The van der Waals surface area contributed by atoms with Crippen molar-refractivity contribution in [2.24, 2.45) is 0 Å². The Morgan fingerprint density at radius 2 is 2.05 bits per heavy atom. The van der Waals surface area contributed by atoms with Crippen LogP contribution in [0.25, 0.3) is 10.9 Å². The summed E-state index contributed by atoms with van der Waals surface area (Å²) in [4.78, 5) is 6.25. The molecule has 0 aliphatic carbocycles. The van der Waals surface area contributed by atoms with Crippen molar-refractivity contribution in [2.75, 3.05) is 19.7 Å². The maximum Gasteiger partial charge on any atom is 0.0498 e. The number of aromatic nitrogens is 1. The number of piperidine rings is 1. The summed E-state index contributed by atoms with van der Waals surface area (Å²) in [5, 5.41) is 10.2. The quantitative estimate of drug-likeness (QED) is 0.792. The van der Waals surface area contributed by atoms with Crippen molar-refractivity contribution in [3.8, 4) is 0 Å². The van der Waals surface area contributed by atoms with Crippen LogP contribution < -0.4 is 0 Å². The molecule has 3 nitrogen and oxygen atoms in total. The molecule has 1 saturated heterocycles. The Morgan fingerprint density at radius 3 is 2.90 bits per heavy atom. The SMILES string of the molecule is OCCCCCN1CCCCC1c1cc2ccccc2[nH]1. The fourth-order valence-electron chi connectivity index (χ4n) is 3.49. The summed E-state index contributed by atoms with van der Waals surface area (Å²) in [6.07, 6.45) is 7.16. The Morgan fingerprint density at radius 1 is 1.14 bits per heavy atom. The van der Waals surface area contributed by atoms with E-state index in [0.717, 1.165) is 19.4 Å². The first-order valence-corrected chi connectivity index (χ1v) is 8.31. The standard InChI is InChI=1S/C18H26N2O/c21-13-7-1-5-11-20-12-6-4-10-18(20)17-14-15-8-2-3-9-16(15)19-17/h2-3,8-9,14,18-19,21H,1,4-7,10-13H2. The van der Waals surface area contributed by atoms with Crippen LogP contribution in [-0.2, 0) is 0 Å². The summed E-state index contributed by atoms with van der Waals surface area (Å²) >= 11 is 0. The first kappa shape index (κ1) is 14.6. The number of benzene rings is 1. The van der Waals surface area contributed by atoms with Gasteiger partial charge in [-0.25, -0.2) is 0 Å². The van der Waals surface area contributed by atoms with Crippen LogP contribution in [0.2, 0.25) is 0 Å².